The molecule has 26 heavy (non-hydrogen) atoms. The first kappa shape index (κ1) is 17.2. The van der Waals surface area contributed by atoms with Crippen LogP contribution < -0.4 is 10.1 Å². The van der Waals surface area contributed by atoms with Gasteiger partial charge in [0, 0.05) is 11.6 Å². The lowest BCUT2D eigenvalue weighted by Gasteiger charge is -2.09. The first-order valence-corrected chi connectivity index (χ1v) is 7.95. The summed E-state index contributed by atoms with van der Waals surface area (Å²) in [6.45, 7) is 0.385. The highest BCUT2D eigenvalue weighted by Crippen LogP contribution is 2.24. The van der Waals surface area contributed by atoms with Crippen molar-refractivity contribution in [3.8, 4) is 5.75 Å². The molecule has 0 aliphatic carbocycles. The molecule has 0 atom stereocenters. The molecular weight excluding hydrogens is 332 g/mol. The monoisotopic (exact) mass is 348 g/mol. The summed E-state index contributed by atoms with van der Waals surface area (Å²) in [4.78, 5) is 22.9. The van der Waals surface area contributed by atoms with Crippen LogP contribution in [0.15, 0.2) is 78.9 Å². The zero-order valence-electron chi connectivity index (χ0n) is 13.8. The van der Waals surface area contributed by atoms with Crippen LogP contribution in [0.2, 0.25) is 0 Å². The molecule has 3 aromatic rings. The second-order valence-electron chi connectivity index (χ2n) is 5.53. The van der Waals surface area contributed by atoms with Crippen LogP contribution in [0.4, 0.5) is 11.4 Å². The molecule has 1 amide bonds. The zero-order valence-corrected chi connectivity index (χ0v) is 13.8. The van der Waals surface area contributed by atoms with Crippen molar-refractivity contribution in [1.29, 1.82) is 0 Å². The maximum absolute atomic E-state index is 12.4. The average molecular weight is 348 g/mol. The van der Waals surface area contributed by atoms with Gasteiger partial charge in [-0.25, -0.2) is 0 Å². The maximum Gasteiger partial charge on any atom is 0.292 e. The van der Waals surface area contributed by atoms with Crippen molar-refractivity contribution in [3.63, 3.8) is 0 Å². The van der Waals surface area contributed by atoms with Gasteiger partial charge in [-0.15, -0.1) is 0 Å². The molecule has 0 bridgehead atoms. The van der Waals surface area contributed by atoms with E-state index in [0.29, 0.717) is 17.9 Å². The Hall–Kier alpha value is -3.67. The number of benzene rings is 3. The minimum Gasteiger partial charge on any atom is -0.489 e. The van der Waals surface area contributed by atoms with E-state index < -0.39 is 10.8 Å². The van der Waals surface area contributed by atoms with Gasteiger partial charge in [-0.3, -0.25) is 14.9 Å². The van der Waals surface area contributed by atoms with Gasteiger partial charge in [0.25, 0.3) is 11.6 Å². The van der Waals surface area contributed by atoms with Crippen LogP contribution in [-0.4, -0.2) is 10.8 Å². The third kappa shape index (κ3) is 4.24. The molecule has 0 spiro atoms. The number of hydrogen-bond acceptors (Lipinski definition) is 4. The fourth-order valence-electron chi connectivity index (χ4n) is 2.40. The summed E-state index contributed by atoms with van der Waals surface area (Å²) in [5, 5.41) is 13.6. The van der Waals surface area contributed by atoms with Crippen LogP contribution >= 0.6 is 0 Å². The number of hydrogen-bond donors (Lipinski definition) is 1. The molecule has 0 aliphatic heterocycles. The highest BCUT2D eigenvalue weighted by Gasteiger charge is 2.16. The normalized spacial score (nSPS) is 10.2. The van der Waals surface area contributed by atoms with Crippen molar-refractivity contribution < 1.29 is 14.5 Å². The molecular formula is C20H16N2O4. The predicted octanol–water partition coefficient (Wildman–Crippen LogP) is 4.43. The first-order valence-electron chi connectivity index (χ1n) is 7.95. The lowest BCUT2D eigenvalue weighted by atomic mass is 10.2. The smallest absolute Gasteiger partial charge is 0.292 e. The molecule has 130 valence electrons. The number of nitrogens with zero attached hydrogens (tertiary/aromatic N) is 1. The fraction of sp³-hybridized carbons (Fsp3) is 0.0500. The van der Waals surface area contributed by atoms with Gasteiger partial charge in [-0.2, -0.15) is 0 Å². The Morgan fingerprint density at radius 1 is 0.962 bits per heavy atom. The molecule has 1 N–H and O–H groups in total. The van der Waals surface area contributed by atoms with Gasteiger partial charge in [-0.05, 0) is 29.8 Å². The molecule has 0 aromatic heterocycles. The van der Waals surface area contributed by atoms with Gasteiger partial charge in [0.15, 0.2) is 0 Å². The molecule has 6 nitrogen and oxygen atoms in total. The second-order valence-corrected chi connectivity index (χ2v) is 5.53. The van der Waals surface area contributed by atoms with E-state index in [1.807, 2.05) is 30.3 Å². The summed E-state index contributed by atoms with van der Waals surface area (Å²) in [5.41, 5.74) is 1.37. The van der Waals surface area contributed by atoms with Crippen LogP contribution in [0.25, 0.3) is 0 Å². The number of para-hydroxylation sites is 2. The quantitative estimate of drug-likeness (QED) is 0.528. The van der Waals surface area contributed by atoms with Gasteiger partial charge in [-0.1, -0.05) is 48.5 Å². The number of nitro groups is 1. The van der Waals surface area contributed by atoms with Crippen LogP contribution in [0.1, 0.15) is 15.9 Å². The van der Waals surface area contributed by atoms with E-state index in [1.54, 1.807) is 36.4 Å². The van der Waals surface area contributed by atoms with Crippen molar-refractivity contribution in [1.82, 2.24) is 0 Å². The van der Waals surface area contributed by atoms with Gasteiger partial charge in [0.2, 0.25) is 0 Å². The molecule has 0 heterocycles. The van der Waals surface area contributed by atoms with Crippen LogP contribution in [-0.2, 0) is 6.61 Å². The summed E-state index contributed by atoms with van der Waals surface area (Å²) in [5.74, 6) is 0.105. The number of rotatable bonds is 6. The van der Waals surface area contributed by atoms with Gasteiger partial charge < -0.3 is 10.1 Å². The molecule has 0 radical (unpaired) electrons. The number of carbonyl (C=O) groups is 1. The summed E-state index contributed by atoms with van der Waals surface area (Å²) in [7, 11) is 0. The van der Waals surface area contributed by atoms with Gasteiger partial charge in [0.1, 0.15) is 18.0 Å². The Labute approximate surface area is 150 Å². The number of nitrogens with one attached hydrogen (secondary N) is 1. The van der Waals surface area contributed by atoms with E-state index in [0.717, 1.165) is 5.56 Å². The van der Waals surface area contributed by atoms with Crippen LogP contribution in [0.5, 0.6) is 5.75 Å². The van der Waals surface area contributed by atoms with Crippen molar-refractivity contribution in [2.75, 3.05) is 5.32 Å². The van der Waals surface area contributed by atoms with E-state index in [2.05, 4.69) is 5.32 Å². The molecule has 0 fully saturated rings. The maximum atomic E-state index is 12.4. The molecule has 6 heteroatoms. The largest absolute Gasteiger partial charge is 0.489 e. The Morgan fingerprint density at radius 3 is 2.46 bits per heavy atom. The van der Waals surface area contributed by atoms with Crippen LogP contribution in [0.3, 0.4) is 0 Å². The molecule has 3 rings (SSSR count). The minimum atomic E-state index is -0.533. The Bertz CT molecular complexity index is 926. The van der Waals surface area contributed by atoms with E-state index in [9.17, 15) is 14.9 Å². The predicted molar refractivity (Wildman–Crippen MR) is 98.3 cm³/mol. The highest BCUT2D eigenvalue weighted by molar-refractivity contribution is 6.05. The summed E-state index contributed by atoms with van der Waals surface area (Å²) in [6, 6.07) is 22.4. The van der Waals surface area contributed by atoms with E-state index in [-0.39, 0.29) is 11.4 Å². The lowest BCUT2D eigenvalue weighted by molar-refractivity contribution is -0.383. The number of nitro benzene ring substituents is 1. The minimum absolute atomic E-state index is 0.151. The van der Waals surface area contributed by atoms with E-state index in [4.69, 9.17) is 4.74 Å². The molecule has 0 saturated carbocycles. The molecule has 0 saturated heterocycles. The SMILES string of the molecule is O=C(Nc1ccccc1[N+](=O)[O-])c1cccc(OCc2ccccc2)c1. The average Bonchev–Trinajstić information content (AvgIpc) is 2.67. The Kier molecular flexibility index (Phi) is 5.24. The summed E-state index contributed by atoms with van der Waals surface area (Å²) in [6.07, 6.45) is 0. The first-order chi connectivity index (χ1) is 12.6. The fourth-order valence-corrected chi connectivity index (χ4v) is 2.40. The zero-order chi connectivity index (χ0) is 18.4. The Morgan fingerprint density at radius 2 is 1.69 bits per heavy atom. The van der Waals surface area contributed by atoms with E-state index >= 15 is 0 Å². The molecule has 0 aliphatic rings. The molecule has 0 unspecified atom stereocenters. The van der Waals surface area contributed by atoms with Crippen LogP contribution in [0, 0.1) is 10.1 Å². The highest BCUT2D eigenvalue weighted by atomic mass is 16.6. The summed E-state index contributed by atoms with van der Waals surface area (Å²) >= 11 is 0. The number of ether oxygens (including phenoxy) is 1. The number of amides is 1. The number of anilines is 1. The van der Waals surface area contributed by atoms with Gasteiger partial charge >= 0.3 is 0 Å². The second kappa shape index (κ2) is 7.94. The van der Waals surface area contributed by atoms with Crippen molar-refractivity contribution >= 4 is 17.3 Å². The third-order valence-corrected chi connectivity index (χ3v) is 3.69. The summed E-state index contributed by atoms with van der Waals surface area (Å²) < 4.78 is 5.71. The third-order valence-electron chi connectivity index (χ3n) is 3.69. The number of carbonyl (C=O) groups excluding carboxylic acids is 1. The van der Waals surface area contributed by atoms with Crippen molar-refractivity contribution in [2.24, 2.45) is 0 Å². The topological polar surface area (TPSA) is 81.5 Å². The van der Waals surface area contributed by atoms with Crippen molar-refractivity contribution in [2.45, 2.75) is 6.61 Å². The van der Waals surface area contributed by atoms with Gasteiger partial charge in [0.05, 0.1) is 4.92 Å². The molecule has 3 aromatic carbocycles. The Balaban J connectivity index is 1.71. The van der Waals surface area contributed by atoms with E-state index in [1.165, 1.54) is 12.1 Å². The van der Waals surface area contributed by atoms with Crippen molar-refractivity contribution in [3.05, 3.63) is 100 Å². The standard InChI is InChI=1S/C20H16N2O4/c23-20(21-18-11-4-5-12-19(18)22(24)25)16-9-6-10-17(13-16)26-14-15-7-2-1-3-8-15/h1-13H,14H2,(H,21,23). The lowest BCUT2D eigenvalue weighted by Crippen LogP contribution is -2.13.